The van der Waals surface area contributed by atoms with E-state index in [-0.39, 0.29) is 5.75 Å². The first-order valence-electron chi connectivity index (χ1n) is 14.2. The molecular formula is C31H35N7O2. The van der Waals surface area contributed by atoms with Crippen LogP contribution < -0.4 is 15.8 Å². The van der Waals surface area contributed by atoms with Crippen LogP contribution in [0.1, 0.15) is 49.3 Å². The number of piperidine rings is 2. The highest BCUT2D eigenvalue weighted by Crippen LogP contribution is 2.49. The second-order valence-electron chi connectivity index (χ2n) is 11.3. The fourth-order valence-corrected chi connectivity index (χ4v) is 6.94. The minimum atomic E-state index is 0.226. The first kappa shape index (κ1) is 24.9. The lowest BCUT2D eigenvalue weighted by Gasteiger charge is -2.67. The lowest BCUT2D eigenvalue weighted by atomic mass is 9.68. The zero-order chi connectivity index (χ0) is 27.5. The van der Waals surface area contributed by atoms with Gasteiger partial charge >= 0.3 is 0 Å². The van der Waals surface area contributed by atoms with Crippen LogP contribution >= 0.6 is 0 Å². The number of fused-ring (bicyclic) bond motifs is 1. The Labute approximate surface area is 233 Å². The number of nitrogens with two attached hydrogens (primary N) is 1. The molecule has 0 amide bonds. The van der Waals surface area contributed by atoms with Crippen molar-refractivity contribution >= 4 is 22.7 Å². The fourth-order valence-electron chi connectivity index (χ4n) is 6.94. The number of phenols is 1. The van der Waals surface area contributed by atoms with Crippen LogP contribution in [0.4, 0.5) is 11.4 Å². The van der Waals surface area contributed by atoms with Gasteiger partial charge in [0.05, 0.1) is 35.8 Å². The Morgan fingerprint density at radius 1 is 1.18 bits per heavy atom. The van der Waals surface area contributed by atoms with Crippen molar-refractivity contribution in [2.45, 2.75) is 70.1 Å². The summed E-state index contributed by atoms with van der Waals surface area (Å²) in [6.07, 6.45) is 11.4. The first-order valence-corrected chi connectivity index (χ1v) is 14.2. The number of aryl methyl sites for hydroxylation is 2. The van der Waals surface area contributed by atoms with E-state index >= 15 is 0 Å². The fraction of sp³-hybridized carbons (Fsp3) is 0.387. The lowest BCUT2D eigenvalue weighted by Crippen LogP contribution is -2.75. The maximum atomic E-state index is 9.97. The number of aromatic hydroxyl groups is 1. The topological polar surface area (TPSA) is 113 Å². The number of rotatable bonds is 7. The molecule has 1 unspecified atom stereocenters. The SMILES string of the molecule is CCc1cc(O)ccc1N=C(N)c1cnn2cc(-c3cnc(OC)cc3C)cc2c1N[C@@H]1CC[C@@H]2CC3C[C@H]1N32. The van der Waals surface area contributed by atoms with Gasteiger partial charge in [-0.05, 0) is 74.4 Å². The number of ether oxygens (including phenoxy) is 1. The molecule has 4 atom stereocenters. The van der Waals surface area contributed by atoms with Crippen LogP contribution in [-0.2, 0) is 6.42 Å². The van der Waals surface area contributed by atoms with Gasteiger partial charge in [-0.3, -0.25) is 4.90 Å². The second kappa shape index (κ2) is 9.52. The van der Waals surface area contributed by atoms with E-state index in [2.05, 4.69) is 28.2 Å². The molecule has 40 heavy (non-hydrogen) atoms. The molecule has 0 spiro atoms. The molecule has 9 heteroatoms. The van der Waals surface area contributed by atoms with Gasteiger partial charge < -0.3 is 20.9 Å². The van der Waals surface area contributed by atoms with Gasteiger partial charge in [0, 0.05) is 53.8 Å². The Hall–Kier alpha value is -4.11. The molecule has 3 aromatic heterocycles. The molecule has 0 radical (unpaired) electrons. The van der Waals surface area contributed by atoms with E-state index < -0.39 is 0 Å². The van der Waals surface area contributed by atoms with Crippen molar-refractivity contribution in [3.63, 3.8) is 0 Å². The number of nitrogens with zero attached hydrogens (tertiary/aromatic N) is 5. The summed E-state index contributed by atoms with van der Waals surface area (Å²) in [6, 6.07) is 11.7. The molecule has 3 aliphatic heterocycles. The Kier molecular flexibility index (Phi) is 5.92. The Balaban J connectivity index is 1.33. The number of pyridine rings is 1. The third-order valence-corrected chi connectivity index (χ3v) is 9.09. The van der Waals surface area contributed by atoms with Crippen LogP contribution in [0.2, 0.25) is 0 Å². The highest BCUT2D eigenvalue weighted by molar-refractivity contribution is 6.06. The molecule has 7 rings (SSSR count). The maximum Gasteiger partial charge on any atom is 0.213 e. The maximum absolute atomic E-state index is 9.97. The molecular weight excluding hydrogens is 502 g/mol. The Morgan fingerprint density at radius 2 is 2.05 bits per heavy atom. The van der Waals surface area contributed by atoms with Gasteiger partial charge in [-0.15, -0.1) is 0 Å². The zero-order valence-corrected chi connectivity index (χ0v) is 23.1. The minimum Gasteiger partial charge on any atom is -0.508 e. The number of aliphatic imine (C=N–C) groups is 1. The van der Waals surface area contributed by atoms with Crippen molar-refractivity contribution in [3.8, 4) is 22.8 Å². The second-order valence-corrected chi connectivity index (χ2v) is 11.3. The van der Waals surface area contributed by atoms with Crippen LogP contribution in [0, 0.1) is 6.92 Å². The number of aromatic nitrogens is 3. The standard InChI is InChI=1S/C31H35N7O2/c1-4-18-10-22(39)6-8-25(18)36-31(32)24-15-34-37-16-19(23-14-33-29(40-3)9-17(23)2)11-28(37)30(24)35-26-7-5-20-12-21-13-27(26)38(20)21/h6,8-11,14-16,20-21,26-27,35,39H,4-5,7,12-13H2,1-3H3,(H2,32,36)/t20-,21?,26-,27-/m1/s1. The van der Waals surface area contributed by atoms with E-state index in [4.69, 9.17) is 20.6 Å². The molecule has 0 saturated carbocycles. The normalized spacial score (nSPS) is 23.8. The van der Waals surface area contributed by atoms with Gasteiger partial charge in [-0.2, -0.15) is 5.10 Å². The predicted octanol–water partition coefficient (Wildman–Crippen LogP) is 4.81. The molecule has 1 aromatic carbocycles. The molecule has 4 N–H and O–H groups in total. The van der Waals surface area contributed by atoms with E-state index in [0.717, 1.165) is 69.6 Å². The van der Waals surface area contributed by atoms with E-state index in [1.165, 1.54) is 19.3 Å². The zero-order valence-electron chi connectivity index (χ0n) is 23.1. The number of benzene rings is 1. The molecule has 4 aromatic rings. The number of hydrogen-bond acceptors (Lipinski definition) is 7. The Bertz CT molecular complexity index is 1640. The molecule has 3 fully saturated rings. The number of methoxy groups -OCH3 is 1. The number of nitrogens with one attached hydrogen (secondary N) is 1. The van der Waals surface area contributed by atoms with Gasteiger partial charge in [-0.1, -0.05) is 6.92 Å². The van der Waals surface area contributed by atoms with Gasteiger partial charge in [0.15, 0.2) is 0 Å². The van der Waals surface area contributed by atoms with Crippen molar-refractivity contribution in [2.75, 3.05) is 12.4 Å². The van der Waals surface area contributed by atoms with Crippen molar-refractivity contribution in [2.24, 2.45) is 10.7 Å². The summed E-state index contributed by atoms with van der Waals surface area (Å²) >= 11 is 0. The average Bonchev–Trinajstić information content (AvgIpc) is 3.36. The van der Waals surface area contributed by atoms with Crippen molar-refractivity contribution in [3.05, 3.63) is 65.6 Å². The quantitative estimate of drug-likeness (QED) is 0.229. The van der Waals surface area contributed by atoms with Crippen LogP contribution in [0.5, 0.6) is 11.6 Å². The van der Waals surface area contributed by atoms with Crippen LogP contribution in [0.25, 0.3) is 16.6 Å². The lowest BCUT2D eigenvalue weighted by molar-refractivity contribution is -0.148. The number of phenolic OH excluding ortho intramolecular Hbond substituents is 1. The van der Waals surface area contributed by atoms with Crippen LogP contribution in [-0.4, -0.2) is 61.7 Å². The molecule has 3 saturated heterocycles. The van der Waals surface area contributed by atoms with E-state index in [1.54, 1.807) is 19.2 Å². The average molecular weight is 538 g/mol. The smallest absolute Gasteiger partial charge is 0.213 e. The molecule has 0 aliphatic carbocycles. The Morgan fingerprint density at radius 3 is 2.83 bits per heavy atom. The van der Waals surface area contributed by atoms with Gasteiger partial charge in [0.1, 0.15) is 11.6 Å². The largest absolute Gasteiger partial charge is 0.508 e. The highest BCUT2D eigenvalue weighted by atomic mass is 16.5. The van der Waals surface area contributed by atoms with Gasteiger partial charge in [-0.25, -0.2) is 14.5 Å². The third kappa shape index (κ3) is 3.99. The monoisotopic (exact) mass is 537 g/mol. The molecule has 3 aliphatic rings. The summed E-state index contributed by atoms with van der Waals surface area (Å²) < 4.78 is 7.23. The third-order valence-electron chi connectivity index (χ3n) is 9.09. The van der Waals surface area contributed by atoms with Crippen LogP contribution in [0.15, 0.2) is 53.9 Å². The summed E-state index contributed by atoms with van der Waals surface area (Å²) in [5.74, 6) is 1.22. The molecule has 9 nitrogen and oxygen atoms in total. The number of amidine groups is 1. The molecule has 6 heterocycles. The number of hydrogen-bond donors (Lipinski definition) is 3. The first-order chi connectivity index (χ1) is 19.4. The van der Waals surface area contributed by atoms with E-state index in [0.29, 0.717) is 23.8 Å². The summed E-state index contributed by atoms with van der Waals surface area (Å²) in [5, 5.41) is 18.6. The predicted molar refractivity (Wildman–Crippen MR) is 157 cm³/mol. The summed E-state index contributed by atoms with van der Waals surface area (Å²) in [7, 11) is 1.63. The van der Waals surface area contributed by atoms with Crippen LogP contribution in [0.3, 0.4) is 0 Å². The van der Waals surface area contributed by atoms with Gasteiger partial charge in [0.2, 0.25) is 5.88 Å². The molecule has 206 valence electrons. The van der Waals surface area contributed by atoms with Crippen molar-refractivity contribution in [1.29, 1.82) is 0 Å². The summed E-state index contributed by atoms with van der Waals surface area (Å²) in [5.41, 5.74) is 14.2. The van der Waals surface area contributed by atoms with Crippen molar-refractivity contribution < 1.29 is 9.84 Å². The van der Waals surface area contributed by atoms with Gasteiger partial charge in [0.25, 0.3) is 0 Å². The van der Waals surface area contributed by atoms with E-state index in [1.807, 2.05) is 42.2 Å². The highest BCUT2D eigenvalue weighted by Gasteiger charge is 2.56. The van der Waals surface area contributed by atoms with E-state index in [9.17, 15) is 5.11 Å². The van der Waals surface area contributed by atoms with Crippen molar-refractivity contribution in [1.82, 2.24) is 19.5 Å². The summed E-state index contributed by atoms with van der Waals surface area (Å²) in [4.78, 5) is 12.0. The molecule has 0 bridgehead atoms. The number of anilines is 1. The summed E-state index contributed by atoms with van der Waals surface area (Å²) in [6.45, 7) is 4.10. The minimum absolute atomic E-state index is 0.226.